The van der Waals surface area contributed by atoms with Crippen LogP contribution < -0.4 is 5.73 Å². The normalized spacial score (nSPS) is 12.4. The van der Waals surface area contributed by atoms with Crippen LogP contribution in [0.25, 0.3) is 11.4 Å². The lowest BCUT2D eigenvalue weighted by Crippen LogP contribution is -2.18. The first kappa shape index (κ1) is 12.6. The van der Waals surface area contributed by atoms with Gasteiger partial charge >= 0.3 is 0 Å². The zero-order valence-electron chi connectivity index (χ0n) is 10.8. The van der Waals surface area contributed by atoms with Gasteiger partial charge in [-0.25, -0.2) is 9.97 Å². The Hall–Kier alpha value is -1.81. The zero-order chi connectivity index (χ0) is 13.0. The third-order valence-electron chi connectivity index (χ3n) is 2.77. The topological polar surface area (TPSA) is 64.7 Å². The van der Waals surface area contributed by atoms with Gasteiger partial charge in [0.2, 0.25) is 0 Å². The second-order valence-corrected chi connectivity index (χ2v) is 4.44. The van der Waals surface area contributed by atoms with Crippen molar-refractivity contribution in [3.8, 4) is 11.4 Å². The summed E-state index contributed by atoms with van der Waals surface area (Å²) in [5.74, 6) is 0.757. The molecule has 2 aromatic rings. The highest BCUT2D eigenvalue weighted by Crippen LogP contribution is 2.19. The van der Waals surface area contributed by atoms with Gasteiger partial charge in [-0.15, -0.1) is 0 Å². The molecule has 0 bridgehead atoms. The van der Waals surface area contributed by atoms with Crippen LogP contribution in [0.15, 0.2) is 30.7 Å². The molecule has 0 saturated heterocycles. The first-order chi connectivity index (χ1) is 8.70. The van der Waals surface area contributed by atoms with Gasteiger partial charge in [-0.3, -0.25) is 4.98 Å². The van der Waals surface area contributed by atoms with Crippen molar-refractivity contribution >= 4 is 0 Å². The predicted molar refractivity (Wildman–Crippen MR) is 72.0 cm³/mol. The largest absolute Gasteiger partial charge is 0.328 e. The van der Waals surface area contributed by atoms with Crippen molar-refractivity contribution in [3.05, 3.63) is 42.0 Å². The van der Waals surface area contributed by atoms with Crippen LogP contribution in [0.5, 0.6) is 0 Å². The maximum Gasteiger partial charge on any atom is 0.159 e. The van der Waals surface area contributed by atoms with E-state index in [1.807, 2.05) is 25.3 Å². The quantitative estimate of drug-likeness (QED) is 0.890. The molecular formula is C14H18N4. The minimum atomic E-state index is 0.107. The fourth-order valence-electron chi connectivity index (χ4n) is 1.90. The summed E-state index contributed by atoms with van der Waals surface area (Å²) in [6, 6.07) is 3.99. The number of hydrogen-bond acceptors (Lipinski definition) is 4. The Labute approximate surface area is 107 Å². The Bertz CT molecular complexity index is 523. The highest BCUT2D eigenvalue weighted by Gasteiger charge is 2.08. The van der Waals surface area contributed by atoms with Crippen molar-refractivity contribution in [2.75, 3.05) is 0 Å². The number of nitrogens with two attached hydrogens (primary N) is 1. The lowest BCUT2D eigenvalue weighted by molar-refractivity contribution is 0.720. The molecule has 0 amide bonds. The van der Waals surface area contributed by atoms with Gasteiger partial charge < -0.3 is 5.73 Å². The van der Waals surface area contributed by atoms with E-state index in [1.54, 1.807) is 12.4 Å². The Morgan fingerprint density at radius 2 is 2.11 bits per heavy atom. The predicted octanol–water partition coefficient (Wildman–Crippen LogP) is 1.99. The smallest absolute Gasteiger partial charge is 0.159 e. The van der Waals surface area contributed by atoms with Gasteiger partial charge in [-0.2, -0.15) is 0 Å². The molecule has 2 rings (SSSR count). The van der Waals surface area contributed by atoms with Gasteiger partial charge in [0.25, 0.3) is 0 Å². The van der Waals surface area contributed by atoms with Crippen LogP contribution in [-0.2, 0) is 12.8 Å². The molecule has 2 aromatic heterocycles. The molecule has 0 aliphatic carbocycles. The van der Waals surface area contributed by atoms with Crippen molar-refractivity contribution < 1.29 is 0 Å². The van der Waals surface area contributed by atoms with Crippen molar-refractivity contribution in [2.24, 2.45) is 5.73 Å². The molecule has 0 aliphatic heterocycles. The van der Waals surface area contributed by atoms with Crippen LogP contribution in [0.1, 0.15) is 25.1 Å². The van der Waals surface area contributed by atoms with Crippen LogP contribution >= 0.6 is 0 Å². The van der Waals surface area contributed by atoms with Crippen LogP contribution in [0.4, 0.5) is 0 Å². The molecule has 2 heterocycles. The molecule has 0 aromatic carbocycles. The number of rotatable bonds is 4. The second kappa shape index (κ2) is 5.69. The molecule has 0 radical (unpaired) electrons. The average molecular weight is 242 g/mol. The van der Waals surface area contributed by atoms with Gasteiger partial charge in [0.05, 0.1) is 0 Å². The summed E-state index contributed by atoms with van der Waals surface area (Å²) >= 11 is 0. The van der Waals surface area contributed by atoms with Crippen LogP contribution in [-0.4, -0.2) is 21.0 Å². The lowest BCUT2D eigenvalue weighted by Gasteiger charge is -2.08. The van der Waals surface area contributed by atoms with Crippen molar-refractivity contribution in [2.45, 2.75) is 32.7 Å². The maximum absolute atomic E-state index is 5.80. The standard InChI is InChI=1S/C14H18N4/c1-3-11-9-16-6-5-13(11)14-17-7-4-12(18-14)8-10(2)15/h4-7,9-10H,3,8,15H2,1-2H3. The molecule has 0 spiro atoms. The Kier molecular flexibility index (Phi) is 3.99. The SMILES string of the molecule is CCc1cnccc1-c1nccc(CC(C)N)n1. The fourth-order valence-corrected chi connectivity index (χ4v) is 1.90. The van der Waals surface area contributed by atoms with Gasteiger partial charge in [-0.1, -0.05) is 6.92 Å². The minimum absolute atomic E-state index is 0.107. The number of nitrogens with zero attached hydrogens (tertiary/aromatic N) is 3. The summed E-state index contributed by atoms with van der Waals surface area (Å²) in [7, 11) is 0. The van der Waals surface area contributed by atoms with E-state index in [4.69, 9.17) is 5.73 Å². The summed E-state index contributed by atoms with van der Waals surface area (Å²) < 4.78 is 0. The summed E-state index contributed by atoms with van der Waals surface area (Å²) in [5.41, 5.74) is 9.00. The number of pyridine rings is 1. The highest BCUT2D eigenvalue weighted by atomic mass is 14.9. The second-order valence-electron chi connectivity index (χ2n) is 4.44. The van der Waals surface area contributed by atoms with E-state index in [9.17, 15) is 0 Å². The van der Waals surface area contributed by atoms with E-state index < -0.39 is 0 Å². The molecule has 0 fully saturated rings. The Morgan fingerprint density at radius 3 is 2.83 bits per heavy atom. The monoisotopic (exact) mass is 242 g/mol. The van der Waals surface area contributed by atoms with Crippen molar-refractivity contribution in [3.63, 3.8) is 0 Å². The average Bonchev–Trinajstić information content (AvgIpc) is 2.38. The van der Waals surface area contributed by atoms with E-state index in [1.165, 1.54) is 0 Å². The number of hydrogen-bond donors (Lipinski definition) is 1. The highest BCUT2D eigenvalue weighted by molar-refractivity contribution is 5.59. The molecule has 18 heavy (non-hydrogen) atoms. The van der Waals surface area contributed by atoms with E-state index in [0.29, 0.717) is 0 Å². The first-order valence-corrected chi connectivity index (χ1v) is 6.21. The summed E-state index contributed by atoms with van der Waals surface area (Å²) in [6.07, 6.45) is 7.12. The summed E-state index contributed by atoms with van der Waals surface area (Å²) in [5, 5.41) is 0. The lowest BCUT2D eigenvalue weighted by atomic mass is 10.1. The van der Waals surface area contributed by atoms with Gasteiger partial charge in [0.15, 0.2) is 5.82 Å². The molecule has 94 valence electrons. The van der Waals surface area contributed by atoms with E-state index in [2.05, 4.69) is 21.9 Å². The Morgan fingerprint density at radius 1 is 1.28 bits per heavy atom. The van der Waals surface area contributed by atoms with E-state index in [-0.39, 0.29) is 6.04 Å². The molecule has 4 heteroatoms. The Balaban J connectivity index is 2.38. The minimum Gasteiger partial charge on any atom is -0.328 e. The summed E-state index contributed by atoms with van der Waals surface area (Å²) in [4.78, 5) is 13.1. The molecule has 2 N–H and O–H groups in total. The molecule has 0 saturated carbocycles. The first-order valence-electron chi connectivity index (χ1n) is 6.21. The van der Waals surface area contributed by atoms with Crippen LogP contribution in [0.2, 0.25) is 0 Å². The van der Waals surface area contributed by atoms with Gasteiger partial charge in [0, 0.05) is 42.3 Å². The molecule has 1 unspecified atom stereocenters. The number of aryl methyl sites for hydroxylation is 1. The van der Waals surface area contributed by atoms with Crippen molar-refractivity contribution in [1.82, 2.24) is 15.0 Å². The van der Waals surface area contributed by atoms with E-state index in [0.717, 1.165) is 35.5 Å². The van der Waals surface area contributed by atoms with Gasteiger partial charge in [0.1, 0.15) is 0 Å². The third-order valence-corrected chi connectivity index (χ3v) is 2.77. The maximum atomic E-state index is 5.80. The van der Waals surface area contributed by atoms with Crippen LogP contribution in [0, 0.1) is 0 Å². The number of aromatic nitrogens is 3. The molecule has 1 atom stereocenters. The van der Waals surface area contributed by atoms with E-state index >= 15 is 0 Å². The summed E-state index contributed by atoms with van der Waals surface area (Å²) in [6.45, 7) is 4.08. The molecular weight excluding hydrogens is 224 g/mol. The molecule has 4 nitrogen and oxygen atoms in total. The molecule has 0 aliphatic rings. The zero-order valence-corrected chi connectivity index (χ0v) is 10.8. The third kappa shape index (κ3) is 2.90. The fraction of sp³-hybridized carbons (Fsp3) is 0.357. The van der Waals surface area contributed by atoms with Crippen LogP contribution in [0.3, 0.4) is 0 Å². The van der Waals surface area contributed by atoms with Crippen molar-refractivity contribution in [1.29, 1.82) is 0 Å². The van der Waals surface area contributed by atoms with Gasteiger partial charge in [-0.05, 0) is 31.0 Å².